The Morgan fingerprint density at radius 1 is 0.714 bits per heavy atom. The molecule has 2 aliphatic rings. The molecule has 0 unspecified atom stereocenters. The van der Waals surface area contributed by atoms with Crippen LogP contribution < -0.4 is 10.7 Å². The zero-order valence-corrected chi connectivity index (χ0v) is 23.5. The Labute approximate surface area is 244 Å². The van der Waals surface area contributed by atoms with Crippen LogP contribution in [0.4, 0.5) is 4.79 Å². The minimum absolute atomic E-state index is 0.0715. The van der Waals surface area contributed by atoms with E-state index in [1.807, 2.05) is 65.6 Å². The van der Waals surface area contributed by atoms with Crippen LogP contribution in [-0.2, 0) is 37.1 Å². The molecule has 13 nitrogen and oxygen atoms in total. The van der Waals surface area contributed by atoms with Crippen LogP contribution in [0.15, 0.2) is 60.7 Å². The van der Waals surface area contributed by atoms with Crippen LogP contribution in [0.1, 0.15) is 17.5 Å². The Hall–Kier alpha value is -4.49. The van der Waals surface area contributed by atoms with Crippen molar-refractivity contribution in [1.82, 2.24) is 30.5 Å². The maximum atomic E-state index is 12.7. The molecule has 42 heavy (non-hydrogen) atoms. The van der Waals surface area contributed by atoms with E-state index in [0.717, 1.165) is 11.1 Å². The lowest BCUT2D eigenvalue weighted by Crippen LogP contribution is -2.57. The molecule has 2 fully saturated rings. The highest BCUT2D eigenvalue weighted by Crippen LogP contribution is 2.07. The van der Waals surface area contributed by atoms with Gasteiger partial charge in [0.2, 0.25) is 17.8 Å². The van der Waals surface area contributed by atoms with Crippen molar-refractivity contribution < 1.29 is 28.7 Å². The van der Waals surface area contributed by atoms with Gasteiger partial charge in [-0.2, -0.15) is 0 Å². The summed E-state index contributed by atoms with van der Waals surface area (Å²) in [4.78, 5) is 54.6. The van der Waals surface area contributed by atoms with Crippen molar-refractivity contribution >= 4 is 29.8 Å². The predicted octanol–water partition coefficient (Wildman–Crippen LogP) is 0.774. The largest absolute Gasteiger partial charge is 0.460 e. The van der Waals surface area contributed by atoms with E-state index in [4.69, 9.17) is 14.9 Å². The molecule has 2 aromatic carbocycles. The topological polar surface area (TPSA) is 148 Å². The smallest absolute Gasteiger partial charge is 0.414 e. The minimum Gasteiger partial charge on any atom is -0.460 e. The van der Waals surface area contributed by atoms with Crippen molar-refractivity contribution in [2.24, 2.45) is 0 Å². The van der Waals surface area contributed by atoms with E-state index in [1.165, 1.54) is 0 Å². The average molecular weight is 580 g/mol. The summed E-state index contributed by atoms with van der Waals surface area (Å²) < 4.78 is 10.5. The average Bonchev–Trinajstić information content (AvgIpc) is 3.00. The number of hydrogen-bond donors (Lipinski definition) is 3. The molecular weight excluding hydrogens is 542 g/mol. The summed E-state index contributed by atoms with van der Waals surface area (Å²) in [5.41, 5.74) is 4.53. The Balaban J connectivity index is 1.07. The Bertz CT molecular complexity index is 1210. The summed E-state index contributed by atoms with van der Waals surface area (Å²) in [6, 6.07) is 18.7. The van der Waals surface area contributed by atoms with Gasteiger partial charge in [0.25, 0.3) is 0 Å². The zero-order chi connectivity index (χ0) is 29.7. The van der Waals surface area contributed by atoms with E-state index in [2.05, 4.69) is 10.7 Å². The van der Waals surface area contributed by atoms with Gasteiger partial charge < -0.3 is 19.3 Å². The third-order valence-corrected chi connectivity index (χ3v) is 6.94. The first-order chi connectivity index (χ1) is 20.4. The summed E-state index contributed by atoms with van der Waals surface area (Å²) in [5, 5.41) is 12.3. The summed E-state index contributed by atoms with van der Waals surface area (Å²) in [7, 11) is 0. The molecule has 3 amide bonds. The lowest BCUT2D eigenvalue weighted by atomic mass is 10.2. The number of nitrogens with one attached hydrogen (secondary N) is 3. The second-order valence-corrected chi connectivity index (χ2v) is 10.0. The molecule has 2 heterocycles. The van der Waals surface area contributed by atoms with Crippen molar-refractivity contribution in [1.29, 1.82) is 5.41 Å². The molecule has 3 N–H and O–H groups in total. The standard InChI is InChI=1S/C29H37N7O6/c30-28(31-29(40)42-22-24-9-5-2-6-10-24)35-15-17-36(18-16-35)32-25(37)19-26(38)34-13-11-33(12-14-34)20-27(39)41-21-23-7-3-1-4-8-23/h1-10H,11-22H2,(H,32,37)(H2,30,31,40). The number of guanidine groups is 1. The molecular formula is C29H37N7O6. The lowest BCUT2D eigenvalue weighted by molar-refractivity contribution is -0.147. The highest BCUT2D eigenvalue weighted by Gasteiger charge is 2.26. The molecule has 0 spiro atoms. The maximum absolute atomic E-state index is 12.7. The number of carbonyl (C=O) groups excluding carboxylic acids is 4. The molecule has 0 saturated carbocycles. The fourth-order valence-corrected chi connectivity index (χ4v) is 4.56. The molecule has 2 saturated heterocycles. The number of hydrazine groups is 1. The first-order valence-corrected chi connectivity index (χ1v) is 13.9. The van der Waals surface area contributed by atoms with Crippen molar-refractivity contribution in [3.05, 3.63) is 71.8 Å². The van der Waals surface area contributed by atoms with Gasteiger partial charge >= 0.3 is 12.1 Å². The van der Waals surface area contributed by atoms with Crippen LogP contribution in [0.5, 0.6) is 0 Å². The molecule has 13 heteroatoms. The zero-order valence-electron chi connectivity index (χ0n) is 23.5. The number of ether oxygens (including phenoxy) is 2. The summed E-state index contributed by atoms with van der Waals surface area (Å²) in [5.74, 6) is -1.06. The van der Waals surface area contributed by atoms with Crippen LogP contribution in [0.3, 0.4) is 0 Å². The number of carbonyl (C=O) groups is 4. The van der Waals surface area contributed by atoms with Gasteiger partial charge in [-0.1, -0.05) is 60.7 Å². The molecule has 224 valence electrons. The number of benzene rings is 2. The van der Waals surface area contributed by atoms with Crippen molar-refractivity contribution in [2.45, 2.75) is 19.6 Å². The number of hydrogen-bond acceptors (Lipinski definition) is 9. The van der Waals surface area contributed by atoms with E-state index in [9.17, 15) is 19.2 Å². The monoisotopic (exact) mass is 579 g/mol. The van der Waals surface area contributed by atoms with Crippen molar-refractivity contribution in [3.63, 3.8) is 0 Å². The molecule has 2 aliphatic heterocycles. The van der Waals surface area contributed by atoms with Gasteiger partial charge in [-0.3, -0.25) is 35.4 Å². The van der Waals surface area contributed by atoms with Crippen molar-refractivity contribution in [3.8, 4) is 0 Å². The molecule has 0 radical (unpaired) electrons. The van der Waals surface area contributed by atoms with Crippen LogP contribution in [0.2, 0.25) is 0 Å². The first kappa shape index (κ1) is 30.5. The highest BCUT2D eigenvalue weighted by molar-refractivity contribution is 5.96. The molecule has 0 aliphatic carbocycles. The predicted molar refractivity (Wildman–Crippen MR) is 153 cm³/mol. The van der Waals surface area contributed by atoms with Gasteiger partial charge in [0, 0.05) is 52.4 Å². The fourth-order valence-electron chi connectivity index (χ4n) is 4.56. The van der Waals surface area contributed by atoms with Crippen LogP contribution >= 0.6 is 0 Å². The maximum Gasteiger partial charge on any atom is 0.414 e. The van der Waals surface area contributed by atoms with E-state index in [0.29, 0.717) is 52.4 Å². The van der Waals surface area contributed by atoms with Crippen LogP contribution in [-0.4, -0.2) is 108 Å². The van der Waals surface area contributed by atoms with Gasteiger partial charge in [0.05, 0.1) is 6.54 Å². The second kappa shape index (κ2) is 15.5. The van der Waals surface area contributed by atoms with Gasteiger partial charge in [0.1, 0.15) is 19.6 Å². The normalized spacial score (nSPS) is 15.9. The van der Waals surface area contributed by atoms with E-state index >= 15 is 0 Å². The van der Waals surface area contributed by atoms with E-state index < -0.39 is 12.0 Å². The van der Waals surface area contributed by atoms with Crippen molar-refractivity contribution in [2.75, 3.05) is 58.9 Å². The van der Waals surface area contributed by atoms with Gasteiger partial charge in [-0.25, -0.2) is 9.80 Å². The number of nitrogens with zero attached hydrogens (tertiary/aromatic N) is 4. The third kappa shape index (κ3) is 9.85. The summed E-state index contributed by atoms with van der Waals surface area (Å²) in [6.45, 7) is 4.05. The Morgan fingerprint density at radius 2 is 1.26 bits per heavy atom. The van der Waals surface area contributed by atoms with E-state index in [1.54, 1.807) is 14.8 Å². The first-order valence-electron chi connectivity index (χ1n) is 13.9. The molecule has 0 bridgehead atoms. The van der Waals surface area contributed by atoms with Crippen LogP contribution in [0.25, 0.3) is 0 Å². The Kier molecular flexibility index (Phi) is 11.2. The molecule has 2 aromatic rings. The number of piperazine rings is 2. The SMILES string of the molecule is N=C(NC(=O)OCc1ccccc1)N1CCN(NC(=O)CC(=O)N2CCN(CC(=O)OCc3ccccc3)CC2)CC1. The number of rotatable bonds is 9. The van der Waals surface area contributed by atoms with Gasteiger partial charge in [-0.15, -0.1) is 0 Å². The molecule has 4 rings (SSSR count). The number of amides is 3. The fraction of sp³-hybridized carbons (Fsp3) is 0.414. The Morgan fingerprint density at radius 3 is 1.86 bits per heavy atom. The highest BCUT2D eigenvalue weighted by atomic mass is 16.5. The number of esters is 1. The van der Waals surface area contributed by atoms with E-state index in [-0.39, 0.29) is 44.0 Å². The molecule has 0 atom stereocenters. The van der Waals surface area contributed by atoms with Crippen LogP contribution in [0, 0.1) is 5.41 Å². The quantitative estimate of drug-likeness (QED) is 0.170. The number of alkyl carbamates (subject to hydrolysis) is 1. The second-order valence-electron chi connectivity index (χ2n) is 10.0. The third-order valence-electron chi connectivity index (χ3n) is 6.94. The summed E-state index contributed by atoms with van der Waals surface area (Å²) >= 11 is 0. The molecule has 0 aromatic heterocycles. The minimum atomic E-state index is -0.707. The van der Waals surface area contributed by atoms with Gasteiger partial charge in [-0.05, 0) is 11.1 Å². The summed E-state index contributed by atoms with van der Waals surface area (Å²) in [6.07, 6.45) is -0.980. The lowest BCUT2D eigenvalue weighted by Gasteiger charge is -2.36. The van der Waals surface area contributed by atoms with Gasteiger partial charge in [0.15, 0.2) is 0 Å².